The summed E-state index contributed by atoms with van der Waals surface area (Å²) in [6.45, 7) is 0.458. The Kier molecular flexibility index (Phi) is 6.33. The maximum atomic E-state index is 12.9. The summed E-state index contributed by atoms with van der Waals surface area (Å²) in [6, 6.07) is 6.45. The lowest BCUT2D eigenvalue weighted by molar-refractivity contribution is -0.122. The van der Waals surface area contributed by atoms with Crippen molar-refractivity contribution in [3.63, 3.8) is 0 Å². The number of halogens is 3. The SMILES string of the molecule is Cn1c(=NC(=O)C2CCCN(S(=O)(=O)c3ccc(Cl)s3)C2)sc2c(Cl)ccc(Cl)c21. The fraction of sp³-hybridized carbons (Fsp3) is 0.333. The van der Waals surface area contributed by atoms with Gasteiger partial charge in [-0.2, -0.15) is 9.30 Å². The Morgan fingerprint density at radius 3 is 2.53 bits per heavy atom. The third-order valence-corrected chi connectivity index (χ3v) is 10.4. The zero-order valence-electron chi connectivity index (χ0n) is 15.6. The number of thiazole rings is 1. The summed E-state index contributed by atoms with van der Waals surface area (Å²) >= 11 is 20.7. The Hall–Kier alpha value is -0.940. The zero-order chi connectivity index (χ0) is 21.6. The molecule has 0 bridgehead atoms. The largest absolute Gasteiger partial charge is 0.318 e. The fourth-order valence-corrected chi connectivity index (χ4v) is 8.22. The Morgan fingerprint density at radius 2 is 1.87 bits per heavy atom. The van der Waals surface area contributed by atoms with Crippen molar-refractivity contribution < 1.29 is 13.2 Å². The lowest BCUT2D eigenvalue weighted by Crippen LogP contribution is -2.42. The molecule has 0 spiro atoms. The summed E-state index contributed by atoms with van der Waals surface area (Å²) in [5.41, 5.74) is 0.711. The average molecular weight is 525 g/mol. The molecule has 1 aromatic carbocycles. The van der Waals surface area contributed by atoms with Crippen molar-refractivity contribution in [2.45, 2.75) is 17.1 Å². The molecule has 0 aliphatic carbocycles. The second-order valence-electron chi connectivity index (χ2n) is 6.86. The van der Waals surface area contributed by atoms with E-state index in [0.717, 1.165) is 16.0 Å². The Bertz CT molecular complexity index is 1310. The van der Waals surface area contributed by atoms with Crippen molar-refractivity contribution in [3.8, 4) is 0 Å². The number of sulfonamides is 1. The first kappa shape index (κ1) is 22.3. The van der Waals surface area contributed by atoms with Crippen LogP contribution in [-0.4, -0.2) is 36.3 Å². The highest BCUT2D eigenvalue weighted by Gasteiger charge is 2.34. The van der Waals surface area contributed by atoms with Crippen LogP contribution in [0, 0.1) is 5.92 Å². The summed E-state index contributed by atoms with van der Waals surface area (Å²) in [7, 11) is -1.92. The smallest absolute Gasteiger partial charge is 0.252 e. The Labute approximate surface area is 196 Å². The van der Waals surface area contributed by atoms with Gasteiger partial charge < -0.3 is 4.57 Å². The van der Waals surface area contributed by atoms with Crippen LogP contribution in [0.2, 0.25) is 14.4 Å². The molecule has 0 saturated carbocycles. The van der Waals surface area contributed by atoms with Crippen LogP contribution in [-0.2, 0) is 21.9 Å². The summed E-state index contributed by atoms with van der Waals surface area (Å²) < 4.78 is 30.2. The predicted octanol–water partition coefficient (Wildman–Crippen LogP) is 4.79. The number of fused-ring (bicyclic) bond motifs is 1. The van der Waals surface area contributed by atoms with E-state index >= 15 is 0 Å². The van der Waals surface area contributed by atoms with Crippen molar-refractivity contribution in [3.05, 3.63) is 43.4 Å². The molecule has 1 saturated heterocycles. The van der Waals surface area contributed by atoms with Crippen LogP contribution >= 0.6 is 57.5 Å². The monoisotopic (exact) mass is 523 g/mol. The first-order valence-corrected chi connectivity index (χ1v) is 13.2. The minimum Gasteiger partial charge on any atom is -0.318 e. The molecule has 12 heteroatoms. The van der Waals surface area contributed by atoms with Crippen molar-refractivity contribution in [1.29, 1.82) is 0 Å². The van der Waals surface area contributed by atoms with Crippen molar-refractivity contribution in [2.24, 2.45) is 18.0 Å². The number of hydrogen-bond acceptors (Lipinski definition) is 5. The predicted molar refractivity (Wildman–Crippen MR) is 122 cm³/mol. The van der Waals surface area contributed by atoms with Gasteiger partial charge in [-0.3, -0.25) is 4.79 Å². The van der Waals surface area contributed by atoms with Crippen molar-refractivity contribution in [2.75, 3.05) is 13.1 Å². The molecule has 1 unspecified atom stereocenters. The summed E-state index contributed by atoms with van der Waals surface area (Å²) in [6.07, 6.45) is 1.16. The van der Waals surface area contributed by atoms with Crippen molar-refractivity contribution in [1.82, 2.24) is 8.87 Å². The van der Waals surface area contributed by atoms with E-state index < -0.39 is 15.9 Å². The van der Waals surface area contributed by atoms with Gasteiger partial charge in [0, 0.05) is 20.1 Å². The number of amides is 1. The lowest BCUT2D eigenvalue weighted by Gasteiger charge is -2.29. The van der Waals surface area contributed by atoms with Crippen LogP contribution in [0.1, 0.15) is 12.8 Å². The van der Waals surface area contributed by atoms with Gasteiger partial charge in [-0.1, -0.05) is 46.1 Å². The van der Waals surface area contributed by atoms with Gasteiger partial charge in [0.25, 0.3) is 15.9 Å². The van der Waals surface area contributed by atoms with Crippen LogP contribution in [0.3, 0.4) is 0 Å². The van der Waals surface area contributed by atoms with E-state index in [1.807, 2.05) is 0 Å². The number of nitrogens with zero attached hydrogens (tertiary/aromatic N) is 3. The second-order valence-corrected chi connectivity index (χ2v) is 12.5. The molecule has 160 valence electrons. The summed E-state index contributed by atoms with van der Waals surface area (Å²) in [5.74, 6) is -0.867. The van der Waals surface area contributed by atoms with Crippen molar-refractivity contribution >= 4 is 83.6 Å². The molecule has 0 radical (unpaired) electrons. The third kappa shape index (κ3) is 4.09. The number of benzene rings is 1. The van der Waals surface area contributed by atoms with Gasteiger partial charge in [0.15, 0.2) is 4.80 Å². The number of hydrogen-bond donors (Lipinski definition) is 0. The normalized spacial score (nSPS) is 18.9. The quantitative estimate of drug-likeness (QED) is 0.494. The van der Waals surface area contributed by atoms with Gasteiger partial charge in [-0.15, -0.1) is 11.3 Å². The first-order valence-electron chi connectivity index (χ1n) is 8.96. The molecule has 30 heavy (non-hydrogen) atoms. The molecule has 1 aliphatic heterocycles. The number of aromatic nitrogens is 1. The maximum absolute atomic E-state index is 12.9. The van der Waals surface area contributed by atoms with Gasteiger partial charge in [-0.05, 0) is 37.1 Å². The summed E-state index contributed by atoms with van der Waals surface area (Å²) in [4.78, 5) is 17.6. The van der Waals surface area contributed by atoms with E-state index in [1.54, 1.807) is 29.8 Å². The molecule has 4 rings (SSSR count). The molecular weight excluding hydrogens is 509 g/mol. The minimum absolute atomic E-state index is 0.0936. The molecule has 0 N–H and O–H groups in total. The van der Waals surface area contributed by atoms with E-state index in [-0.39, 0.29) is 16.7 Å². The van der Waals surface area contributed by atoms with E-state index in [2.05, 4.69) is 4.99 Å². The highest BCUT2D eigenvalue weighted by Crippen LogP contribution is 2.32. The van der Waals surface area contributed by atoms with Crippen LogP contribution in [0.15, 0.2) is 33.5 Å². The highest BCUT2D eigenvalue weighted by molar-refractivity contribution is 7.91. The van der Waals surface area contributed by atoms with Crippen LogP contribution in [0.5, 0.6) is 0 Å². The molecule has 3 aromatic rings. The molecule has 1 fully saturated rings. The number of aryl methyl sites for hydroxylation is 1. The van der Waals surface area contributed by atoms with Crippen LogP contribution < -0.4 is 4.80 Å². The van der Waals surface area contributed by atoms with Gasteiger partial charge in [0.1, 0.15) is 4.21 Å². The number of rotatable bonds is 3. The van der Waals surface area contributed by atoms with E-state index in [4.69, 9.17) is 34.8 Å². The Morgan fingerprint density at radius 1 is 1.13 bits per heavy atom. The van der Waals surface area contributed by atoms with Crippen LogP contribution in [0.25, 0.3) is 10.2 Å². The van der Waals surface area contributed by atoms with Gasteiger partial charge >= 0.3 is 0 Å². The number of piperidine rings is 1. The molecular formula is C18H16Cl3N3O3S3. The van der Waals surface area contributed by atoms with E-state index in [1.165, 1.54) is 21.7 Å². The van der Waals surface area contributed by atoms with Gasteiger partial charge in [-0.25, -0.2) is 8.42 Å². The molecule has 1 aliphatic rings. The number of carbonyl (C=O) groups is 1. The average Bonchev–Trinajstić information content (AvgIpc) is 3.30. The minimum atomic E-state index is -3.68. The number of thiophene rings is 1. The topological polar surface area (TPSA) is 71.7 Å². The standard InChI is InChI=1S/C18H16Cl3N3O3S3/c1-23-15-11(19)4-5-12(20)16(15)29-18(23)22-17(25)10-3-2-8-24(9-10)30(26,27)14-7-6-13(21)28-14/h4-7,10H,2-3,8-9H2,1H3. The summed E-state index contributed by atoms with van der Waals surface area (Å²) in [5, 5.41) is 1.06. The number of carbonyl (C=O) groups excluding carboxylic acids is 1. The Balaban J connectivity index is 1.63. The van der Waals surface area contributed by atoms with E-state index in [0.29, 0.717) is 44.1 Å². The maximum Gasteiger partial charge on any atom is 0.252 e. The fourth-order valence-electron chi connectivity index (χ4n) is 3.40. The lowest BCUT2D eigenvalue weighted by atomic mass is 9.99. The molecule has 1 amide bonds. The first-order chi connectivity index (χ1) is 14.2. The molecule has 1 atom stereocenters. The van der Waals surface area contributed by atoms with Gasteiger partial charge in [0.2, 0.25) is 0 Å². The molecule has 3 heterocycles. The molecule has 6 nitrogen and oxygen atoms in total. The van der Waals surface area contributed by atoms with E-state index in [9.17, 15) is 13.2 Å². The zero-order valence-corrected chi connectivity index (χ0v) is 20.4. The highest BCUT2D eigenvalue weighted by atomic mass is 35.5. The molecule has 2 aromatic heterocycles. The van der Waals surface area contributed by atoms with Gasteiger partial charge in [0.05, 0.1) is 30.5 Å². The second kappa shape index (κ2) is 8.54. The van der Waals surface area contributed by atoms with Crippen LogP contribution in [0.4, 0.5) is 0 Å². The third-order valence-electron chi connectivity index (χ3n) is 4.93.